The van der Waals surface area contributed by atoms with Crippen LogP contribution < -0.4 is 15.5 Å². The van der Waals surface area contributed by atoms with Crippen molar-refractivity contribution in [3.8, 4) is 0 Å². The summed E-state index contributed by atoms with van der Waals surface area (Å²) in [5.41, 5.74) is 1.17. The SMILES string of the molecule is CCNC(=NCc1ccc(N2CCCC2)nc1)NC1CCCCC1. The summed E-state index contributed by atoms with van der Waals surface area (Å²) in [5.74, 6) is 2.04. The molecule has 5 heteroatoms. The molecule has 0 aromatic carbocycles. The highest BCUT2D eigenvalue weighted by atomic mass is 15.2. The van der Waals surface area contributed by atoms with E-state index in [0.717, 1.165) is 31.4 Å². The monoisotopic (exact) mass is 329 g/mol. The third kappa shape index (κ3) is 4.86. The van der Waals surface area contributed by atoms with Gasteiger partial charge in [-0.1, -0.05) is 25.3 Å². The first-order valence-electron chi connectivity index (χ1n) is 9.60. The van der Waals surface area contributed by atoms with E-state index in [1.54, 1.807) is 0 Å². The molecule has 5 nitrogen and oxygen atoms in total. The maximum Gasteiger partial charge on any atom is 0.191 e. The van der Waals surface area contributed by atoms with Gasteiger partial charge in [0.15, 0.2) is 5.96 Å². The Kier molecular flexibility index (Phi) is 6.33. The fourth-order valence-corrected chi connectivity index (χ4v) is 3.57. The Morgan fingerprint density at radius 2 is 1.96 bits per heavy atom. The van der Waals surface area contributed by atoms with Gasteiger partial charge in [0.1, 0.15) is 5.82 Å². The van der Waals surface area contributed by atoms with Gasteiger partial charge in [-0.15, -0.1) is 0 Å². The standard InChI is InChI=1S/C19H31N5/c1-2-20-19(23-17-8-4-3-5-9-17)22-15-16-10-11-18(21-14-16)24-12-6-7-13-24/h10-11,14,17H,2-9,12-13,15H2,1H3,(H2,20,22,23). The lowest BCUT2D eigenvalue weighted by molar-refractivity contribution is 0.410. The fourth-order valence-electron chi connectivity index (χ4n) is 3.57. The zero-order chi connectivity index (χ0) is 16.6. The van der Waals surface area contributed by atoms with E-state index in [9.17, 15) is 0 Å². The lowest BCUT2D eigenvalue weighted by Crippen LogP contribution is -2.44. The largest absolute Gasteiger partial charge is 0.357 e. The van der Waals surface area contributed by atoms with Crippen molar-refractivity contribution in [2.45, 2.75) is 64.5 Å². The van der Waals surface area contributed by atoms with Crippen molar-refractivity contribution in [1.82, 2.24) is 15.6 Å². The molecule has 1 aliphatic carbocycles. The van der Waals surface area contributed by atoms with Crippen LogP contribution in [0.4, 0.5) is 5.82 Å². The van der Waals surface area contributed by atoms with Gasteiger partial charge in [-0.2, -0.15) is 0 Å². The van der Waals surface area contributed by atoms with Gasteiger partial charge in [-0.05, 0) is 44.2 Å². The minimum absolute atomic E-state index is 0.576. The Balaban J connectivity index is 1.56. The molecular weight excluding hydrogens is 298 g/mol. The molecule has 24 heavy (non-hydrogen) atoms. The first-order valence-corrected chi connectivity index (χ1v) is 9.60. The van der Waals surface area contributed by atoms with Crippen molar-refractivity contribution < 1.29 is 0 Å². The summed E-state index contributed by atoms with van der Waals surface area (Å²) in [6, 6.07) is 4.87. The van der Waals surface area contributed by atoms with Crippen molar-refractivity contribution in [1.29, 1.82) is 0 Å². The number of aliphatic imine (C=N–C) groups is 1. The average Bonchev–Trinajstić information content (AvgIpc) is 3.16. The molecule has 1 aromatic rings. The molecule has 0 atom stereocenters. The second kappa shape index (κ2) is 8.90. The Morgan fingerprint density at radius 3 is 2.62 bits per heavy atom. The minimum Gasteiger partial charge on any atom is -0.357 e. The quantitative estimate of drug-likeness (QED) is 0.644. The Hall–Kier alpha value is -1.78. The number of rotatable bonds is 5. The van der Waals surface area contributed by atoms with Crippen LogP contribution in [0.5, 0.6) is 0 Å². The van der Waals surface area contributed by atoms with E-state index in [1.165, 1.54) is 50.5 Å². The lowest BCUT2D eigenvalue weighted by Gasteiger charge is -2.24. The molecular formula is C19H31N5. The molecule has 1 aromatic heterocycles. The molecule has 0 spiro atoms. The molecule has 1 aliphatic heterocycles. The maximum atomic E-state index is 4.75. The van der Waals surface area contributed by atoms with Crippen molar-refractivity contribution in [3.63, 3.8) is 0 Å². The molecule has 2 heterocycles. The molecule has 0 bridgehead atoms. The van der Waals surface area contributed by atoms with E-state index < -0.39 is 0 Å². The molecule has 2 N–H and O–H groups in total. The first-order chi connectivity index (χ1) is 11.8. The molecule has 2 fully saturated rings. The zero-order valence-corrected chi connectivity index (χ0v) is 14.9. The van der Waals surface area contributed by atoms with E-state index >= 15 is 0 Å². The van der Waals surface area contributed by atoms with Gasteiger partial charge in [0.05, 0.1) is 6.54 Å². The fraction of sp³-hybridized carbons (Fsp3) is 0.684. The normalized spacial score (nSPS) is 19.5. The van der Waals surface area contributed by atoms with E-state index in [2.05, 4.69) is 39.6 Å². The van der Waals surface area contributed by atoms with Crippen LogP contribution in [0.1, 0.15) is 57.4 Å². The third-order valence-electron chi connectivity index (χ3n) is 4.95. The van der Waals surface area contributed by atoms with E-state index in [1.807, 2.05) is 6.20 Å². The van der Waals surface area contributed by atoms with E-state index in [4.69, 9.17) is 4.99 Å². The number of nitrogens with zero attached hydrogens (tertiary/aromatic N) is 3. The van der Waals surface area contributed by atoms with Crippen molar-refractivity contribution in [3.05, 3.63) is 23.9 Å². The van der Waals surface area contributed by atoms with Gasteiger partial charge in [0, 0.05) is 31.9 Å². The molecule has 0 unspecified atom stereocenters. The molecule has 132 valence electrons. The predicted octanol–water partition coefficient (Wildman–Crippen LogP) is 3.07. The molecule has 2 aliphatic rings. The zero-order valence-electron chi connectivity index (χ0n) is 14.9. The van der Waals surface area contributed by atoms with Crippen LogP contribution in [0.15, 0.2) is 23.3 Å². The highest BCUT2D eigenvalue weighted by Crippen LogP contribution is 2.18. The first kappa shape index (κ1) is 17.1. The highest BCUT2D eigenvalue weighted by molar-refractivity contribution is 5.80. The third-order valence-corrected chi connectivity index (χ3v) is 4.95. The van der Waals surface area contributed by atoms with Crippen molar-refractivity contribution >= 4 is 11.8 Å². The summed E-state index contributed by atoms with van der Waals surface area (Å²) in [5, 5.41) is 6.96. The van der Waals surface area contributed by atoms with Gasteiger partial charge < -0.3 is 15.5 Å². The van der Waals surface area contributed by atoms with Crippen LogP contribution in [-0.2, 0) is 6.54 Å². The number of hydrogen-bond donors (Lipinski definition) is 2. The average molecular weight is 329 g/mol. The van der Waals surface area contributed by atoms with Gasteiger partial charge in [0.2, 0.25) is 0 Å². The van der Waals surface area contributed by atoms with Crippen LogP contribution >= 0.6 is 0 Å². The number of aromatic nitrogens is 1. The number of hydrogen-bond acceptors (Lipinski definition) is 3. The van der Waals surface area contributed by atoms with E-state index in [0.29, 0.717) is 12.6 Å². The highest BCUT2D eigenvalue weighted by Gasteiger charge is 2.15. The summed E-state index contributed by atoms with van der Waals surface area (Å²) in [4.78, 5) is 11.7. The van der Waals surface area contributed by atoms with Crippen LogP contribution in [0, 0.1) is 0 Å². The van der Waals surface area contributed by atoms with Crippen LogP contribution in [0.3, 0.4) is 0 Å². The number of pyridine rings is 1. The minimum atomic E-state index is 0.576. The second-order valence-electron chi connectivity index (χ2n) is 6.89. The maximum absolute atomic E-state index is 4.75. The van der Waals surface area contributed by atoms with Gasteiger partial charge in [0.25, 0.3) is 0 Å². The molecule has 0 amide bonds. The van der Waals surface area contributed by atoms with Crippen LogP contribution in [0.2, 0.25) is 0 Å². The summed E-state index contributed by atoms with van der Waals surface area (Å²) >= 11 is 0. The Labute approximate surface area is 146 Å². The molecule has 1 saturated carbocycles. The lowest BCUT2D eigenvalue weighted by atomic mass is 9.96. The number of nitrogens with one attached hydrogen (secondary N) is 2. The topological polar surface area (TPSA) is 52.6 Å². The number of guanidine groups is 1. The summed E-state index contributed by atoms with van der Waals surface area (Å²) in [6.45, 7) is 5.96. The summed E-state index contributed by atoms with van der Waals surface area (Å²) < 4.78 is 0. The second-order valence-corrected chi connectivity index (χ2v) is 6.89. The van der Waals surface area contributed by atoms with Crippen LogP contribution in [0.25, 0.3) is 0 Å². The number of anilines is 1. The van der Waals surface area contributed by atoms with Gasteiger partial charge >= 0.3 is 0 Å². The summed E-state index contributed by atoms with van der Waals surface area (Å²) in [6.07, 6.45) is 11.1. The summed E-state index contributed by atoms with van der Waals surface area (Å²) in [7, 11) is 0. The molecule has 0 radical (unpaired) electrons. The Morgan fingerprint density at radius 1 is 1.17 bits per heavy atom. The van der Waals surface area contributed by atoms with Gasteiger partial charge in [-0.3, -0.25) is 0 Å². The molecule has 3 rings (SSSR count). The van der Waals surface area contributed by atoms with E-state index in [-0.39, 0.29) is 0 Å². The van der Waals surface area contributed by atoms with Crippen molar-refractivity contribution in [2.75, 3.05) is 24.5 Å². The Bertz CT molecular complexity index is 513. The van der Waals surface area contributed by atoms with Crippen LogP contribution in [-0.4, -0.2) is 36.6 Å². The smallest absolute Gasteiger partial charge is 0.191 e. The molecule has 1 saturated heterocycles. The van der Waals surface area contributed by atoms with Gasteiger partial charge in [-0.25, -0.2) is 9.98 Å². The van der Waals surface area contributed by atoms with Crippen molar-refractivity contribution in [2.24, 2.45) is 4.99 Å². The predicted molar refractivity (Wildman–Crippen MR) is 101 cm³/mol.